The standard InChI is InChI=1S/C23H28N2O3/c1-23(2)27-20-18(14-16-10-6-4-7-11-16)24-22(26-3)25-19(21(20)28-23)15-17-12-8-5-9-13-17/h4-13,18-21H,14-15H2,1-3H3,(H,24,25)/t18-,19-,20+,21+/m1/s1. The molecule has 0 spiro atoms. The van der Waals surface area contributed by atoms with Gasteiger partial charge in [0.25, 0.3) is 6.02 Å². The van der Waals surface area contributed by atoms with Crippen molar-refractivity contribution in [3.05, 3.63) is 71.8 Å². The minimum absolute atomic E-state index is 0.00801. The first-order chi connectivity index (χ1) is 13.5. The smallest absolute Gasteiger partial charge is 0.285 e. The van der Waals surface area contributed by atoms with Crippen molar-refractivity contribution in [2.75, 3.05) is 7.11 Å². The van der Waals surface area contributed by atoms with Gasteiger partial charge in [-0.3, -0.25) is 0 Å². The molecule has 1 saturated heterocycles. The van der Waals surface area contributed by atoms with Gasteiger partial charge >= 0.3 is 0 Å². The fourth-order valence-electron chi connectivity index (χ4n) is 4.09. The van der Waals surface area contributed by atoms with Crippen LogP contribution in [0.1, 0.15) is 25.0 Å². The van der Waals surface area contributed by atoms with Crippen LogP contribution in [0.2, 0.25) is 0 Å². The van der Waals surface area contributed by atoms with Crippen molar-refractivity contribution in [2.24, 2.45) is 4.99 Å². The quantitative estimate of drug-likeness (QED) is 0.884. The number of rotatable bonds is 4. The third-order valence-corrected chi connectivity index (χ3v) is 5.31. The van der Waals surface area contributed by atoms with Crippen LogP contribution in [0.5, 0.6) is 0 Å². The average molecular weight is 380 g/mol. The molecule has 5 heteroatoms. The zero-order valence-electron chi connectivity index (χ0n) is 16.7. The third kappa shape index (κ3) is 4.21. The Kier molecular flexibility index (Phi) is 5.38. The van der Waals surface area contributed by atoms with Gasteiger partial charge in [-0.05, 0) is 37.8 Å². The minimum Gasteiger partial charge on any atom is -0.469 e. The van der Waals surface area contributed by atoms with Crippen molar-refractivity contribution in [1.29, 1.82) is 0 Å². The third-order valence-electron chi connectivity index (χ3n) is 5.31. The molecule has 1 N–H and O–H groups in total. The van der Waals surface area contributed by atoms with E-state index in [1.807, 2.05) is 26.0 Å². The number of hydrogen-bond donors (Lipinski definition) is 1. The first-order valence-electron chi connectivity index (χ1n) is 9.86. The van der Waals surface area contributed by atoms with Crippen LogP contribution in [-0.2, 0) is 27.1 Å². The fraction of sp³-hybridized carbons (Fsp3) is 0.435. The van der Waals surface area contributed by atoms with Gasteiger partial charge in [0.05, 0.1) is 19.2 Å². The van der Waals surface area contributed by atoms with Crippen LogP contribution in [0.25, 0.3) is 0 Å². The molecule has 2 aliphatic rings. The van der Waals surface area contributed by atoms with Gasteiger partial charge < -0.3 is 19.5 Å². The molecule has 2 aromatic rings. The van der Waals surface area contributed by atoms with Gasteiger partial charge in [0.15, 0.2) is 5.79 Å². The molecule has 2 heterocycles. The molecule has 148 valence electrons. The summed E-state index contributed by atoms with van der Waals surface area (Å²) in [4.78, 5) is 4.87. The zero-order valence-corrected chi connectivity index (χ0v) is 16.7. The molecule has 0 bridgehead atoms. The van der Waals surface area contributed by atoms with Crippen molar-refractivity contribution < 1.29 is 14.2 Å². The van der Waals surface area contributed by atoms with Crippen LogP contribution in [0.15, 0.2) is 65.7 Å². The Labute approximate surface area is 166 Å². The highest BCUT2D eigenvalue weighted by Crippen LogP contribution is 2.35. The lowest BCUT2D eigenvalue weighted by Crippen LogP contribution is -2.48. The molecule has 0 aromatic heterocycles. The number of amidine groups is 1. The average Bonchev–Trinajstić information content (AvgIpc) is 2.97. The largest absolute Gasteiger partial charge is 0.469 e. The number of nitrogens with one attached hydrogen (secondary N) is 1. The number of fused-ring (bicyclic) bond motifs is 1. The molecule has 28 heavy (non-hydrogen) atoms. The van der Waals surface area contributed by atoms with E-state index in [0.717, 1.165) is 12.8 Å². The topological polar surface area (TPSA) is 52.1 Å². The van der Waals surface area contributed by atoms with E-state index in [1.165, 1.54) is 11.1 Å². The van der Waals surface area contributed by atoms with Gasteiger partial charge in [0.1, 0.15) is 12.2 Å². The summed E-state index contributed by atoms with van der Waals surface area (Å²) < 4.78 is 18.3. The first kappa shape index (κ1) is 19.0. The Balaban J connectivity index is 1.64. The van der Waals surface area contributed by atoms with Gasteiger partial charge in [-0.25, -0.2) is 4.99 Å². The van der Waals surface area contributed by atoms with Crippen LogP contribution in [0.3, 0.4) is 0 Å². The van der Waals surface area contributed by atoms with Crippen molar-refractivity contribution in [3.63, 3.8) is 0 Å². The normalized spacial score (nSPS) is 28.6. The number of aliphatic imine (C=N–C) groups is 1. The maximum absolute atomic E-state index is 6.36. The van der Waals surface area contributed by atoms with Crippen molar-refractivity contribution in [3.8, 4) is 0 Å². The number of nitrogens with zero attached hydrogens (tertiary/aromatic N) is 1. The lowest BCUT2D eigenvalue weighted by molar-refractivity contribution is -0.150. The van der Waals surface area contributed by atoms with E-state index in [9.17, 15) is 0 Å². The van der Waals surface area contributed by atoms with E-state index >= 15 is 0 Å². The Morgan fingerprint density at radius 2 is 1.46 bits per heavy atom. The highest BCUT2D eigenvalue weighted by Gasteiger charge is 2.50. The molecule has 0 radical (unpaired) electrons. The van der Waals surface area contributed by atoms with Gasteiger partial charge in [-0.1, -0.05) is 60.7 Å². The SMILES string of the molecule is COC1=N[C@H](Cc2ccccc2)[C@@H]2OC(C)(C)O[C@H]2[C@@H](Cc2ccccc2)N1. The van der Waals surface area contributed by atoms with Gasteiger partial charge in [-0.2, -0.15) is 0 Å². The van der Waals surface area contributed by atoms with Gasteiger partial charge in [0.2, 0.25) is 0 Å². The predicted molar refractivity (Wildman–Crippen MR) is 109 cm³/mol. The second kappa shape index (κ2) is 7.94. The number of hydrogen-bond acceptors (Lipinski definition) is 5. The summed E-state index contributed by atoms with van der Waals surface area (Å²) in [7, 11) is 1.65. The molecule has 4 rings (SSSR count). The molecule has 0 saturated carbocycles. The van der Waals surface area contributed by atoms with Crippen LogP contribution in [0, 0.1) is 0 Å². The summed E-state index contributed by atoms with van der Waals surface area (Å²) in [5.41, 5.74) is 2.46. The Morgan fingerprint density at radius 3 is 2.07 bits per heavy atom. The van der Waals surface area contributed by atoms with E-state index in [-0.39, 0.29) is 24.3 Å². The maximum Gasteiger partial charge on any atom is 0.285 e. The second-order valence-electron chi connectivity index (χ2n) is 7.90. The monoisotopic (exact) mass is 380 g/mol. The molecule has 2 aliphatic heterocycles. The van der Waals surface area contributed by atoms with Crippen molar-refractivity contribution in [2.45, 2.75) is 56.8 Å². The molecule has 5 nitrogen and oxygen atoms in total. The Bertz CT molecular complexity index is 807. The van der Waals surface area contributed by atoms with E-state index in [0.29, 0.717) is 6.02 Å². The summed E-state index contributed by atoms with van der Waals surface area (Å²) in [6.07, 6.45) is 1.31. The second-order valence-corrected chi connectivity index (χ2v) is 7.90. The van der Waals surface area contributed by atoms with Gasteiger partial charge in [-0.15, -0.1) is 0 Å². The van der Waals surface area contributed by atoms with Gasteiger partial charge in [0, 0.05) is 0 Å². The molecular formula is C23H28N2O3. The summed E-state index contributed by atoms with van der Waals surface area (Å²) in [5, 5.41) is 3.46. The lowest BCUT2D eigenvalue weighted by Gasteiger charge is -2.27. The fourth-order valence-corrected chi connectivity index (χ4v) is 4.09. The highest BCUT2D eigenvalue weighted by molar-refractivity contribution is 5.74. The Hall–Kier alpha value is -2.37. The van der Waals surface area contributed by atoms with E-state index in [2.05, 4.69) is 53.8 Å². The van der Waals surface area contributed by atoms with Crippen LogP contribution >= 0.6 is 0 Å². The number of methoxy groups -OCH3 is 1. The molecule has 0 unspecified atom stereocenters. The number of ether oxygens (including phenoxy) is 3. The summed E-state index contributed by atoms with van der Waals surface area (Å²) in [5.74, 6) is -0.638. The first-order valence-corrected chi connectivity index (χ1v) is 9.86. The van der Waals surface area contributed by atoms with E-state index in [4.69, 9.17) is 19.2 Å². The van der Waals surface area contributed by atoms with Crippen LogP contribution in [0.4, 0.5) is 0 Å². The predicted octanol–water partition coefficient (Wildman–Crippen LogP) is 3.33. The molecule has 1 fully saturated rings. The molecule has 0 amide bonds. The zero-order chi connectivity index (χ0) is 19.6. The maximum atomic E-state index is 6.36. The van der Waals surface area contributed by atoms with Crippen molar-refractivity contribution in [1.82, 2.24) is 5.32 Å². The Morgan fingerprint density at radius 1 is 0.893 bits per heavy atom. The van der Waals surface area contributed by atoms with Crippen molar-refractivity contribution >= 4 is 6.02 Å². The van der Waals surface area contributed by atoms with Crippen LogP contribution < -0.4 is 5.32 Å². The molecule has 2 aromatic carbocycles. The summed E-state index contributed by atoms with van der Waals surface area (Å²) >= 11 is 0. The lowest BCUT2D eigenvalue weighted by atomic mass is 9.92. The molecule has 4 atom stereocenters. The van der Waals surface area contributed by atoms with E-state index < -0.39 is 5.79 Å². The van der Waals surface area contributed by atoms with E-state index in [1.54, 1.807) is 7.11 Å². The molecular weight excluding hydrogens is 352 g/mol. The molecule has 0 aliphatic carbocycles. The summed E-state index contributed by atoms with van der Waals surface area (Å²) in [6, 6.07) is 21.3. The highest BCUT2D eigenvalue weighted by atomic mass is 16.8. The minimum atomic E-state index is -0.638. The van der Waals surface area contributed by atoms with Crippen LogP contribution in [-0.4, -0.2) is 43.2 Å². The number of benzene rings is 2. The summed E-state index contributed by atoms with van der Waals surface area (Å²) in [6.45, 7) is 3.95.